The third-order valence-corrected chi connectivity index (χ3v) is 2.76. The quantitative estimate of drug-likeness (QED) is 0.655. The second-order valence-corrected chi connectivity index (χ2v) is 4.20. The SMILES string of the molecule is O=C(CNC1CC=CCC1)NC1CC1. The highest BCUT2D eigenvalue weighted by molar-refractivity contribution is 5.78. The summed E-state index contributed by atoms with van der Waals surface area (Å²) in [5.41, 5.74) is 0. The minimum Gasteiger partial charge on any atom is -0.352 e. The molecule has 1 atom stereocenters. The molecule has 1 saturated carbocycles. The molecule has 78 valence electrons. The van der Waals surface area contributed by atoms with Gasteiger partial charge in [-0.15, -0.1) is 0 Å². The topological polar surface area (TPSA) is 41.1 Å². The van der Waals surface area contributed by atoms with Gasteiger partial charge < -0.3 is 10.6 Å². The fourth-order valence-corrected chi connectivity index (χ4v) is 1.72. The highest BCUT2D eigenvalue weighted by Crippen LogP contribution is 2.18. The molecule has 1 unspecified atom stereocenters. The van der Waals surface area contributed by atoms with Crippen molar-refractivity contribution in [2.24, 2.45) is 0 Å². The minimum absolute atomic E-state index is 0.155. The normalized spacial score (nSPS) is 26.1. The van der Waals surface area contributed by atoms with Crippen molar-refractivity contribution in [3.8, 4) is 0 Å². The van der Waals surface area contributed by atoms with Crippen molar-refractivity contribution in [1.82, 2.24) is 10.6 Å². The molecule has 0 spiro atoms. The summed E-state index contributed by atoms with van der Waals surface area (Å²) in [6, 6.07) is 0.987. The predicted molar refractivity (Wildman–Crippen MR) is 55.9 cm³/mol. The zero-order chi connectivity index (χ0) is 9.80. The summed E-state index contributed by atoms with van der Waals surface area (Å²) in [5, 5.41) is 6.27. The van der Waals surface area contributed by atoms with Crippen molar-refractivity contribution in [2.45, 2.75) is 44.2 Å². The van der Waals surface area contributed by atoms with Crippen molar-refractivity contribution in [2.75, 3.05) is 6.54 Å². The van der Waals surface area contributed by atoms with Gasteiger partial charge in [-0.05, 0) is 32.1 Å². The Hall–Kier alpha value is -0.830. The van der Waals surface area contributed by atoms with Crippen LogP contribution in [0.2, 0.25) is 0 Å². The van der Waals surface area contributed by atoms with E-state index in [4.69, 9.17) is 0 Å². The van der Waals surface area contributed by atoms with Crippen LogP contribution >= 0.6 is 0 Å². The number of amides is 1. The van der Waals surface area contributed by atoms with Crippen LogP contribution in [0, 0.1) is 0 Å². The molecule has 0 aromatic rings. The van der Waals surface area contributed by atoms with Gasteiger partial charge in [0, 0.05) is 12.1 Å². The summed E-state index contributed by atoms with van der Waals surface area (Å²) in [7, 11) is 0. The first-order valence-electron chi connectivity index (χ1n) is 5.52. The highest BCUT2D eigenvalue weighted by atomic mass is 16.2. The van der Waals surface area contributed by atoms with Gasteiger partial charge in [0.25, 0.3) is 0 Å². The number of carbonyl (C=O) groups excluding carboxylic acids is 1. The van der Waals surface area contributed by atoms with E-state index in [-0.39, 0.29) is 5.91 Å². The molecule has 2 aliphatic rings. The average molecular weight is 194 g/mol. The number of hydrogen-bond acceptors (Lipinski definition) is 2. The highest BCUT2D eigenvalue weighted by Gasteiger charge is 2.23. The van der Waals surface area contributed by atoms with Crippen LogP contribution in [0.5, 0.6) is 0 Å². The summed E-state index contributed by atoms with van der Waals surface area (Å²) in [5.74, 6) is 0.155. The van der Waals surface area contributed by atoms with Gasteiger partial charge in [0.05, 0.1) is 6.54 Å². The maximum absolute atomic E-state index is 11.3. The lowest BCUT2D eigenvalue weighted by molar-refractivity contribution is -0.120. The number of nitrogens with one attached hydrogen (secondary N) is 2. The molecule has 0 heterocycles. The molecule has 3 nitrogen and oxygen atoms in total. The minimum atomic E-state index is 0.155. The van der Waals surface area contributed by atoms with Gasteiger partial charge in [0.15, 0.2) is 0 Å². The smallest absolute Gasteiger partial charge is 0.234 e. The number of hydrogen-bond donors (Lipinski definition) is 2. The van der Waals surface area contributed by atoms with E-state index in [0.29, 0.717) is 18.6 Å². The van der Waals surface area contributed by atoms with E-state index in [0.717, 1.165) is 32.1 Å². The van der Waals surface area contributed by atoms with Crippen molar-refractivity contribution in [1.29, 1.82) is 0 Å². The van der Waals surface area contributed by atoms with Crippen molar-refractivity contribution >= 4 is 5.91 Å². The van der Waals surface area contributed by atoms with Crippen molar-refractivity contribution < 1.29 is 4.79 Å². The standard InChI is InChI=1S/C11H18N2O/c14-11(13-10-6-7-10)8-12-9-4-2-1-3-5-9/h1-2,9-10,12H,3-8H2,(H,13,14). The summed E-state index contributed by atoms with van der Waals surface area (Å²) < 4.78 is 0. The third-order valence-electron chi connectivity index (χ3n) is 2.76. The van der Waals surface area contributed by atoms with Crippen LogP contribution in [0.15, 0.2) is 12.2 Å². The van der Waals surface area contributed by atoms with E-state index in [1.807, 2.05) is 0 Å². The lowest BCUT2D eigenvalue weighted by Crippen LogP contribution is -2.40. The lowest BCUT2D eigenvalue weighted by Gasteiger charge is -2.18. The molecule has 2 rings (SSSR count). The van der Waals surface area contributed by atoms with Gasteiger partial charge >= 0.3 is 0 Å². The maximum atomic E-state index is 11.3. The van der Waals surface area contributed by atoms with Gasteiger partial charge in [-0.25, -0.2) is 0 Å². The predicted octanol–water partition coefficient (Wildman–Crippen LogP) is 0.963. The molecule has 0 radical (unpaired) electrons. The summed E-state index contributed by atoms with van der Waals surface area (Å²) in [4.78, 5) is 11.3. The molecule has 1 amide bonds. The summed E-state index contributed by atoms with van der Waals surface area (Å²) in [6.07, 6.45) is 10.1. The Kier molecular flexibility index (Phi) is 3.19. The number of allylic oxidation sites excluding steroid dienone is 1. The Morgan fingerprint density at radius 3 is 2.71 bits per heavy atom. The summed E-state index contributed by atoms with van der Waals surface area (Å²) >= 11 is 0. The van der Waals surface area contributed by atoms with Crippen LogP contribution in [0.4, 0.5) is 0 Å². The van der Waals surface area contributed by atoms with Crippen LogP contribution in [0.1, 0.15) is 32.1 Å². The zero-order valence-electron chi connectivity index (χ0n) is 8.46. The Bertz CT molecular complexity index is 233. The maximum Gasteiger partial charge on any atom is 0.234 e. The van der Waals surface area contributed by atoms with Gasteiger partial charge in [0.2, 0.25) is 5.91 Å². The van der Waals surface area contributed by atoms with Crippen LogP contribution in [-0.4, -0.2) is 24.5 Å². The van der Waals surface area contributed by atoms with E-state index >= 15 is 0 Å². The zero-order valence-corrected chi connectivity index (χ0v) is 8.46. The van der Waals surface area contributed by atoms with E-state index in [1.165, 1.54) is 0 Å². The summed E-state index contributed by atoms with van der Waals surface area (Å²) in [6.45, 7) is 0.481. The molecule has 1 fully saturated rings. The first-order valence-corrected chi connectivity index (χ1v) is 5.52. The molecular formula is C11H18N2O. The molecule has 0 aromatic heterocycles. The van der Waals surface area contributed by atoms with Crippen molar-refractivity contribution in [3.05, 3.63) is 12.2 Å². The van der Waals surface area contributed by atoms with E-state index < -0.39 is 0 Å². The second kappa shape index (κ2) is 4.60. The van der Waals surface area contributed by atoms with E-state index in [1.54, 1.807) is 0 Å². The molecule has 0 bridgehead atoms. The molecule has 0 aliphatic heterocycles. The Labute approximate surface area is 84.9 Å². The monoisotopic (exact) mass is 194 g/mol. The van der Waals surface area contributed by atoms with Crippen molar-refractivity contribution in [3.63, 3.8) is 0 Å². The Balaban J connectivity index is 1.60. The largest absolute Gasteiger partial charge is 0.352 e. The molecule has 3 heteroatoms. The van der Waals surface area contributed by atoms with Gasteiger partial charge in [-0.1, -0.05) is 12.2 Å². The van der Waals surface area contributed by atoms with Crippen LogP contribution in [-0.2, 0) is 4.79 Å². The molecule has 2 N–H and O–H groups in total. The molecule has 2 aliphatic carbocycles. The average Bonchev–Trinajstić information content (AvgIpc) is 3.00. The van der Waals surface area contributed by atoms with Crippen LogP contribution in [0.25, 0.3) is 0 Å². The molecular weight excluding hydrogens is 176 g/mol. The second-order valence-electron chi connectivity index (χ2n) is 4.20. The third kappa shape index (κ3) is 3.14. The molecule has 0 aromatic carbocycles. The van der Waals surface area contributed by atoms with Gasteiger partial charge in [-0.3, -0.25) is 4.79 Å². The fourth-order valence-electron chi connectivity index (χ4n) is 1.72. The van der Waals surface area contributed by atoms with Crippen LogP contribution < -0.4 is 10.6 Å². The Morgan fingerprint density at radius 1 is 1.21 bits per heavy atom. The van der Waals surface area contributed by atoms with Gasteiger partial charge in [0.1, 0.15) is 0 Å². The Morgan fingerprint density at radius 2 is 2.07 bits per heavy atom. The van der Waals surface area contributed by atoms with Crippen LogP contribution in [0.3, 0.4) is 0 Å². The fraction of sp³-hybridized carbons (Fsp3) is 0.727. The number of carbonyl (C=O) groups is 1. The van der Waals surface area contributed by atoms with E-state index in [2.05, 4.69) is 22.8 Å². The first kappa shape index (κ1) is 9.71. The lowest BCUT2D eigenvalue weighted by atomic mass is 10.0. The van der Waals surface area contributed by atoms with E-state index in [9.17, 15) is 4.79 Å². The molecule has 0 saturated heterocycles. The number of rotatable bonds is 4. The first-order chi connectivity index (χ1) is 6.84. The molecule has 14 heavy (non-hydrogen) atoms. The van der Waals surface area contributed by atoms with Gasteiger partial charge in [-0.2, -0.15) is 0 Å².